The van der Waals surface area contributed by atoms with Gasteiger partial charge in [-0.2, -0.15) is 5.10 Å². The van der Waals surface area contributed by atoms with E-state index in [2.05, 4.69) is 26.5 Å². The molecule has 1 N–H and O–H groups in total. The van der Waals surface area contributed by atoms with Crippen LogP contribution in [0.3, 0.4) is 0 Å². The van der Waals surface area contributed by atoms with Gasteiger partial charge in [0.05, 0.1) is 35.5 Å². The molecule has 0 heterocycles. The molecule has 0 atom stereocenters. The molecule has 0 aromatic heterocycles. The van der Waals surface area contributed by atoms with Crippen molar-refractivity contribution in [2.24, 2.45) is 5.10 Å². The summed E-state index contributed by atoms with van der Waals surface area (Å²) in [5.41, 5.74) is 3.40. The van der Waals surface area contributed by atoms with Gasteiger partial charge in [-0.05, 0) is 51.8 Å². The fourth-order valence-electron chi connectivity index (χ4n) is 1.91. The van der Waals surface area contributed by atoms with E-state index in [1.807, 2.05) is 0 Å². The maximum Gasteiger partial charge on any atom is 0.272 e. The lowest BCUT2D eigenvalue weighted by Crippen LogP contribution is -2.18. The van der Waals surface area contributed by atoms with Crippen LogP contribution >= 0.6 is 39.1 Å². The van der Waals surface area contributed by atoms with Gasteiger partial charge in [0.1, 0.15) is 0 Å². The van der Waals surface area contributed by atoms with E-state index in [4.69, 9.17) is 32.7 Å². The molecule has 0 aliphatic rings. The lowest BCUT2D eigenvalue weighted by atomic mass is 10.2. The number of hydrazone groups is 1. The molecule has 0 saturated heterocycles. The van der Waals surface area contributed by atoms with E-state index in [0.717, 1.165) is 0 Å². The highest BCUT2D eigenvalue weighted by molar-refractivity contribution is 9.10. The Morgan fingerprint density at radius 2 is 1.96 bits per heavy atom. The summed E-state index contributed by atoms with van der Waals surface area (Å²) in [7, 11) is 3.09. The largest absolute Gasteiger partial charge is 0.493 e. The number of hydrogen-bond donors (Lipinski definition) is 1. The molecule has 8 heteroatoms. The van der Waals surface area contributed by atoms with E-state index in [0.29, 0.717) is 26.6 Å². The molecule has 1 amide bonds. The van der Waals surface area contributed by atoms with E-state index < -0.39 is 5.91 Å². The standard InChI is InChI=1S/C16H13BrCl2N2O3/c1-23-14-6-9(5-12(17)15(14)24-2)8-20-21-16(22)11-4-3-10(18)7-13(11)19/h3-8H,1-2H3,(H,21,22). The van der Waals surface area contributed by atoms with Crippen LogP contribution in [0.4, 0.5) is 0 Å². The van der Waals surface area contributed by atoms with E-state index in [1.165, 1.54) is 25.5 Å². The molecule has 0 aliphatic carbocycles. The van der Waals surface area contributed by atoms with E-state index in [9.17, 15) is 4.79 Å². The average Bonchev–Trinajstić information content (AvgIpc) is 2.54. The number of rotatable bonds is 5. The van der Waals surface area contributed by atoms with Gasteiger partial charge in [-0.15, -0.1) is 0 Å². The molecule has 0 radical (unpaired) electrons. The molecular weight excluding hydrogens is 419 g/mol. The van der Waals surface area contributed by atoms with Crippen molar-refractivity contribution < 1.29 is 14.3 Å². The first-order valence-corrected chi connectivity index (χ1v) is 8.21. The van der Waals surface area contributed by atoms with Gasteiger partial charge < -0.3 is 9.47 Å². The summed E-state index contributed by atoms with van der Waals surface area (Å²) >= 11 is 15.2. The van der Waals surface area contributed by atoms with Crippen LogP contribution < -0.4 is 14.9 Å². The number of nitrogens with zero attached hydrogens (tertiary/aromatic N) is 1. The van der Waals surface area contributed by atoms with Crippen molar-refractivity contribution >= 4 is 51.3 Å². The van der Waals surface area contributed by atoms with Gasteiger partial charge in [-0.3, -0.25) is 4.79 Å². The molecule has 126 valence electrons. The van der Waals surface area contributed by atoms with Gasteiger partial charge in [0.2, 0.25) is 0 Å². The number of carbonyl (C=O) groups excluding carboxylic acids is 1. The van der Waals surface area contributed by atoms with E-state index in [-0.39, 0.29) is 10.6 Å². The smallest absolute Gasteiger partial charge is 0.272 e. The second kappa shape index (κ2) is 8.37. The number of benzene rings is 2. The molecule has 0 saturated carbocycles. The second-order valence-electron chi connectivity index (χ2n) is 4.56. The Morgan fingerprint density at radius 3 is 2.58 bits per heavy atom. The minimum absolute atomic E-state index is 0.254. The van der Waals surface area contributed by atoms with Crippen LogP contribution in [0, 0.1) is 0 Å². The number of halogens is 3. The topological polar surface area (TPSA) is 59.9 Å². The van der Waals surface area contributed by atoms with Crippen molar-refractivity contribution in [1.29, 1.82) is 0 Å². The third kappa shape index (κ3) is 4.41. The van der Waals surface area contributed by atoms with Crippen LogP contribution in [0.5, 0.6) is 11.5 Å². The van der Waals surface area contributed by atoms with E-state index in [1.54, 1.807) is 25.3 Å². The minimum Gasteiger partial charge on any atom is -0.493 e. The normalized spacial score (nSPS) is 10.7. The fraction of sp³-hybridized carbons (Fsp3) is 0.125. The molecule has 5 nitrogen and oxygen atoms in total. The summed E-state index contributed by atoms with van der Waals surface area (Å²) < 4.78 is 11.2. The van der Waals surface area contributed by atoms with Crippen molar-refractivity contribution in [3.8, 4) is 11.5 Å². The van der Waals surface area contributed by atoms with Gasteiger partial charge in [0.15, 0.2) is 11.5 Å². The van der Waals surface area contributed by atoms with Crippen LogP contribution in [0.1, 0.15) is 15.9 Å². The Bertz CT molecular complexity index is 797. The average molecular weight is 432 g/mol. The quantitative estimate of drug-likeness (QED) is 0.558. The Kier molecular flexibility index (Phi) is 6.48. The van der Waals surface area contributed by atoms with Crippen LogP contribution in [0.25, 0.3) is 0 Å². The number of methoxy groups -OCH3 is 2. The van der Waals surface area contributed by atoms with Crippen LogP contribution in [0.15, 0.2) is 39.9 Å². The van der Waals surface area contributed by atoms with Gasteiger partial charge in [-0.1, -0.05) is 23.2 Å². The first kappa shape index (κ1) is 18.6. The van der Waals surface area contributed by atoms with Gasteiger partial charge in [-0.25, -0.2) is 5.43 Å². The molecule has 24 heavy (non-hydrogen) atoms. The highest BCUT2D eigenvalue weighted by Gasteiger charge is 2.11. The van der Waals surface area contributed by atoms with Crippen molar-refractivity contribution in [1.82, 2.24) is 5.43 Å². The lowest BCUT2D eigenvalue weighted by molar-refractivity contribution is 0.0955. The zero-order valence-corrected chi connectivity index (χ0v) is 15.9. The molecule has 0 bridgehead atoms. The zero-order valence-electron chi connectivity index (χ0n) is 12.8. The van der Waals surface area contributed by atoms with Crippen molar-refractivity contribution in [2.75, 3.05) is 14.2 Å². The lowest BCUT2D eigenvalue weighted by Gasteiger charge is -2.10. The summed E-state index contributed by atoms with van der Waals surface area (Å²) in [5.74, 6) is 0.680. The number of hydrogen-bond acceptors (Lipinski definition) is 4. The fourth-order valence-corrected chi connectivity index (χ4v) is 3.03. The molecule has 2 rings (SSSR count). The SMILES string of the molecule is COc1cc(C=NNC(=O)c2ccc(Cl)cc2Cl)cc(Br)c1OC. The van der Waals surface area contributed by atoms with Crippen molar-refractivity contribution in [3.05, 3.63) is 56.0 Å². The summed E-state index contributed by atoms with van der Waals surface area (Å²) in [6, 6.07) is 8.12. The second-order valence-corrected chi connectivity index (χ2v) is 6.26. The maximum absolute atomic E-state index is 12.1. The molecule has 0 unspecified atom stereocenters. The molecule has 2 aromatic carbocycles. The molecule has 0 fully saturated rings. The van der Waals surface area contributed by atoms with Gasteiger partial charge in [0.25, 0.3) is 5.91 Å². The monoisotopic (exact) mass is 430 g/mol. The predicted molar refractivity (Wildman–Crippen MR) is 98.8 cm³/mol. The maximum atomic E-state index is 12.1. The summed E-state index contributed by atoms with van der Waals surface area (Å²) in [4.78, 5) is 12.1. The third-order valence-corrected chi connectivity index (χ3v) is 4.15. The van der Waals surface area contributed by atoms with Crippen LogP contribution in [-0.4, -0.2) is 26.3 Å². The molecular formula is C16H13BrCl2N2O3. The summed E-state index contributed by atoms with van der Waals surface area (Å²) in [6.07, 6.45) is 1.48. The third-order valence-electron chi connectivity index (χ3n) is 3.01. The summed E-state index contributed by atoms with van der Waals surface area (Å²) in [5, 5.41) is 4.63. The highest BCUT2D eigenvalue weighted by Crippen LogP contribution is 2.35. The van der Waals surface area contributed by atoms with Gasteiger partial charge in [0, 0.05) is 5.02 Å². The predicted octanol–water partition coefficient (Wildman–Crippen LogP) is 4.54. The Hall–Kier alpha value is -1.76. The minimum atomic E-state index is -0.438. The van der Waals surface area contributed by atoms with Crippen LogP contribution in [0.2, 0.25) is 10.0 Å². The first-order valence-electron chi connectivity index (χ1n) is 6.66. The first-order chi connectivity index (χ1) is 11.5. The number of nitrogens with one attached hydrogen (secondary N) is 1. The summed E-state index contributed by atoms with van der Waals surface area (Å²) in [6.45, 7) is 0. The number of carbonyl (C=O) groups is 1. The molecule has 2 aromatic rings. The number of amides is 1. The van der Waals surface area contributed by atoms with Gasteiger partial charge >= 0.3 is 0 Å². The Morgan fingerprint density at radius 1 is 1.21 bits per heavy atom. The zero-order chi connectivity index (χ0) is 17.7. The molecule has 0 aliphatic heterocycles. The highest BCUT2D eigenvalue weighted by atomic mass is 79.9. The Labute approximate surface area is 157 Å². The van der Waals surface area contributed by atoms with E-state index >= 15 is 0 Å². The molecule has 0 spiro atoms. The van der Waals surface area contributed by atoms with Crippen LogP contribution in [-0.2, 0) is 0 Å². The Balaban J connectivity index is 2.14. The van der Waals surface area contributed by atoms with Crippen molar-refractivity contribution in [3.63, 3.8) is 0 Å². The number of ether oxygens (including phenoxy) is 2. The van der Waals surface area contributed by atoms with Crippen molar-refractivity contribution in [2.45, 2.75) is 0 Å².